The zero-order valence-electron chi connectivity index (χ0n) is 14.8. The number of benzene rings is 1. The van der Waals surface area contributed by atoms with Gasteiger partial charge in [-0.3, -0.25) is 4.99 Å². The molecule has 0 aliphatic rings. The van der Waals surface area contributed by atoms with Crippen LogP contribution in [0.5, 0.6) is 5.75 Å². The summed E-state index contributed by atoms with van der Waals surface area (Å²) in [5, 5.41) is 7.79. The fourth-order valence-electron chi connectivity index (χ4n) is 2.20. The van der Waals surface area contributed by atoms with E-state index in [9.17, 15) is 0 Å². The summed E-state index contributed by atoms with van der Waals surface area (Å²) in [7, 11) is 3.74. The van der Waals surface area contributed by atoms with E-state index >= 15 is 0 Å². The number of aromatic nitrogens is 2. The third kappa shape index (κ3) is 6.62. The molecule has 0 amide bonds. The summed E-state index contributed by atoms with van der Waals surface area (Å²) in [5.41, 5.74) is 0. The summed E-state index contributed by atoms with van der Waals surface area (Å²) < 4.78 is 10.8. The van der Waals surface area contributed by atoms with Gasteiger partial charge in [-0.15, -0.1) is 0 Å². The van der Waals surface area contributed by atoms with Crippen LogP contribution < -0.4 is 10.1 Å². The minimum Gasteiger partial charge on any atom is -0.492 e. The maximum atomic E-state index is 5.86. The lowest BCUT2D eigenvalue weighted by molar-refractivity contribution is 0.281. The minimum absolute atomic E-state index is 0.556. The molecule has 2 aromatic rings. The molecule has 1 heterocycles. The average Bonchev–Trinajstić information content (AvgIpc) is 3.02. The Kier molecular flexibility index (Phi) is 7.53. The largest absolute Gasteiger partial charge is 0.492 e. The molecule has 0 unspecified atom stereocenters. The molecule has 0 aliphatic heterocycles. The molecule has 136 valence electrons. The molecule has 0 saturated heterocycles. The van der Waals surface area contributed by atoms with Gasteiger partial charge in [0.25, 0.3) is 0 Å². The van der Waals surface area contributed by atoms with Crippen molar-refractivity contribution in [2.24, 2.45) is 4.99 Å². The Morgan fingerprint density at radius 3 is 2.76 bits per heavy atom. The molecule has 2 rings (SSSR count). The molecule has 0 bridgehead atoms. The maximum Gasteiger partial charge on any atom is 0.226 e. The fourth-order valence-corrected chi connectivity index (χ4v) is 2.33. The average molecular weight is 366 g/mol. The number of likely N-dealkylation sites (N-methyl/N-ethyl adjacent to an activating group) is 1. The molecule has 8 heteroatoms. The first-order valence-electron chi connectivity index (χ1n) is 8.18. The van der Waals surface area contributed by atoms with E-state index in [4.69, 9.17) is 20.9 Å². The van der Waals surface area contributed by atoms with Crippen molar-refractivity contribution in [2.75, 3.05) is 33.8 Å². The number of aliphatic imine (C=N–C) groups is 1. The summed E-state index contributed by atoms with van der Waals surface area (Å²) >= 11 is 5.86. The van der Waals surface area contributed by atoms with Crippen molar-refractivity contribution in [3.05, 3.63) is 41.0 Å². The van der Waals surface area contributed by atoms with Crippen LogP contribution in [0.15, 0.2) is 33.8 Å². The zero-order chi connectivity index (χ0) is 18.1. The van der Waals surface area contributed by atoms with Gasteiger partial charge in [0.1, 0.15) is 12.4 Å². The van der Waals surface area contributed by atoms with Crippen LogP contribution >= 0.6 is 11.6 Å². The van der Waals surface area contributed by atoms with Gasteiger partial charge >= 0.3 is 0 Å². The van der Waals surface area contributed by atoms with E-state index in [1.54, 1.807) is 7.05 Å². The Balaban J connectivity index is 1.65. The van der Waals surface area contributed by atoms with Gasteiger partial charge in [0.15, 0.2) is 11.8 Å². The maximum absolute atomic E-state index is 5.86. The summed E-state index contributed by atoms with van der Waals surface area (Å²) in [4.78, 5) is 10.5. The molecule has 7 nitrogen and oxygen atoms in total. The smallest absolute Gasteiger partial charge is 0.226 e. The zero-order valence-corrected chi connectivity index (χ0v) is 15.6. The highest BCUT2D eigenvalue weighted by molar-refractivity contribution is 6.30. The first-order valence-corrected chi connectivity index (χ1v) is 8.55. The monoisotopic (exact) mass is 365 g/mol. The Hall–Kier alpha value is -2.28. The number of hydrogen-bond acceptors (Lipinski definition) is 5. The molecule has 25 heavy (non-hydrogen) atoms. The van der Waals surface area contributed by atoms with Gasteiger partial charge in [-0.2, -0.15) is 4.98 Å². The highest BCUT2D eigenvalue weighted by atomic mass is 35.5. The van der Waals surface area contributed by atoms with Crippen LogP contribution in [0.2, 0.25) is 5.02 Å². The van der Waals surface area contributed by atoms with E-state index in [0.717, 1.165) is 31.1 Å². The fraction of sp³-hybridized carbons (Fsp3) is 0.471. The number of halogens is 1. The number of hydrogen-bond donors (Lipinski definition) is 1. The first kappa shape index (κ1) is 19.1. The molecule has 0 saturated carbocycles. The number of nitrogens with zero attached hydrogens (tertiary/aromatic N) is 4. The van der Waals surface area contributed by atoms with Gasteiger partial charge in [0.05, 0.1) is 6.54 Å². The van der Waals surface area contributed by atoms with Crippen LogP contribution in [-0.4, -0.2) is 54.8 Å². The number of guanidine groups is 1. The number of nitrogens with one attached hydrogen (secondary N) is 1. The van der Waals surface area contributed by atoms with Crippen molar-refractivity contribution in [3.63, 3.8) is 0 Å². The molecule has 1 aromatic heterocycles. The lowest BCUT2D eigenvalue weighted by atomic mass is 10.3. The van der Waals surface area contributed by atoms with Gasteiger partial charge in [0, 0.05) is 32.1 Å². The Labute approximate surface area is 153 Å². The van der Waals surface area contributed by atoms with Gasteiger partial charge in [0.2, 0.25) is 5.89 Å². The lowest BCUT2D eigenvalue weighted by Crippen LogP contribution is -2.41. The lowest BCUT2D eigenvalue weighted by Gasteiger charge is -2.22. The van der Waals surface area contributed by atoms with Crippen molar-refractivity contribution < 1.29 is 9.26 Å². The number of aryl methyl sites for hydroxylation is 2. The standard InChI is InChI=1S/C17H24ClN5O2/c1-13-21-16(25-22-13)5-4-10-20-17(19-2)23(3)11-12-24-15-8-6-14(18)7-9-15/h6-9H,4-5,10-12H2,1-3H3,(H,19,20). The van der Waals surface area contributed by atoms with Crippen LogP contribution in [-0.2, 0) is 6.42 Å². The molecule has 0 aliphatic carbocycles. The van der Waals surface area contributed by atoms with Crippen LogP contribution in [0.4, 0.5) is 0 Å². The van der Waals surface area contributed by atoms with Crippen molar-refractivity contribution in [2.45, 2.75) is 19.8 Å². The van der Waals surface area contributed by atoms with Crippen LogP contribution in [0.25, 0.3) is 0 Å². The second-order valence-electron chi connectivity index (χ2n) is 5.54. The summed E-state index contributed by atoms with van der Waals surface area (Å²) in [6.07, 6.45) is 1.63. The molecule has 0 atom stereocenters. The number of ether oxygens (including phenoxy) is 1. The SMILES string of the molecule is CN=C(NCCCc1nc(C)no1)N(C)CCOc1ccc(Cl)cc1. The minimum atomic E-state index is 0.556. The van der Waals surface area contributed by atoms with E-state index in [1.807, 2.05) is 43.1 Å². The third-order valence-electron chi connectivity index (χ3n) is 3.50. The topological polar surface area (TPSA) is 75.8 Å². The quantitative estimate of drug-likeness (QED) is 0.440. The highest BCUT2D eigenvalue weighted by Gasteiger charge is 2.07. The van der Waals surface area contributed by atoms with Crippen LogP contribution in [0.1, 0.15) is 18.1 Å². The van der Waals surface area contributed by atoms with Gasteiger partial charge in [-0.1, -0.05) is 16.8 Å². The summed E-state index contributed by atoms with van der Waals surface area (Å²) in [5.74, 6) is 2.95. The van der Waals surface area contributed by atoms with Gasteiger partial charge < -0.3 is 19.5 Å². The third-order valence-corrected chi connectivity index (χ3v) is 3.75. The van der Waals surface area contributed by atoms with Gasteiger partial charge in [-0.05, 0) is 37.6 Å². The van der Waals surface area contributed by atoms with E-state index < -0.39 is 0 Å². The highest BCUT2D eigenvalue weighted by Crippen LogP contribution is 2.15. The first-order chi connectivity index (χ1) is 12.1. The predicted octanol–water partition coefficient (Wildman–Crippen LogP) is 2.55. The molecule has 0 fully saturated rings. The van der Waals surface area contributed by atoms with Crippen molar-refractivity contribution in [1.82, 2.24) is 20.4 Å². The van der Waals surface area contributed by atoms with Crippen LogP contribution in [0.3, 0.4) is 0 Å². The number of rotatable bonds is 8. The van der Waals surface area contributed by atoms with E-state index in [0.29, 0.717) is 29.9 Å². The molecular weight excluding hydrogens is 342 g/mol. The van der Waals surface area contributed by atoms with Crippen LogP contribution in [0, 0.1) is 6.92 Å². The van der Waals surface area contributed by atoms with Crippen molar-refractivity contribution in [3.8, 4) is 5.75 Å². The Morgan fingerprint density at radius 2 is 2.12 bits per heavy atom. The summed E-state index contributed by atoms with van der Waals surface area (Å²) in [6, 6.07) is 7.33. The van der Waals surface area contributed by atoms with Crippen molar-refractivity contribution in [1.29, 1.82) is 0 Å². The second-order valence-corrected chi connectivity index (χ2v) is 5.97. The summed E-state index contributed by atoms with van der Waals surface area (Å²) in [6.45, 7) is 3.86. The normalized spacial score (nSPS) is 11.4. The van der Waals surface area contributed by atoms with Gasteiger partial charge in [-0.25, -0.2) is 0 Å². The molecule has 0 spiro atoms. The Bertz CT molecular complexity index is 672. The second kappa shape index (κ2) is 9.88. The van der Waals surface area contributed by atoms with E-state index in [1.165, 1.54) is 0 Å². The van der Waals surface area contributed by atoms with E-state index in [2.05, 4.69) is 20.4 Å². The molecular formula is C17H24ClN5O2. The van der Waals surface area contributed by atoms with Crippen molar-refractivity contribution >= 4 is 17.6 Å². The Morgan fingerprint density at radius 1 is 1.36 bits per heavy atom. The predicted molar refractivity (Wildman–Crippen MR) is 98.3 cm³/mol. The molecule has 0 radical (unpaired) electrons. The van der Waals surface area contributed by atoms with E-state index in [-0.39, 0.29) is 0 Å². The molecule has 1 aromatic carbocycles. The molecule has 1 N–H and O–H groups in total.